The van der Waals surface area contributed by atoms with E-state index in [1.807, 2.05) is 0 Å². The largest absolute Gasteiger partial charge is 0.858 e. The summed E-state index contributed by atoms with van der Waals surface area (Å²) in [5.41, 5.74) is 0.442. The second kappa shape index (κ2) is 15.2. The third-order valence-electron chi connectivity index (χ3n) is 7.20. The standard InChI is InChI=1S/C35H20Cl6N6O4/c36-20-14-24(38)28(25(39)15-20)46-34(50)22(30(44-46)42-32(48)18-8-3-1-4-9-18)12-7-13-23-31(43-33(49)19-10-5-2-6-11-19)45-47(35(23)51)29-26(40)16-21(37)17-27(29)41/h1-17,50H,(H,42,44,48)(H,43,45,49)/p-1/b12-7+,23-13-. The molecule has 0 radical (unpaired) electrons. The highest BCUT2D eigenvalue weighted by atomic mass is 35.5. The molecule has 3 amide bonds. The van der Waals surface area contributed by atoms with Crippen LogP contribution in [-0.4, -0.2) is 33.3 Å². The van der Waals surface area contributed by atoms with Crippen molar-refractivity contribution in [2.24, 2.45) is 5.10 Å². The molecule has 0 unspecified atom stereocenters. The van der Waals surface area contributed by atoms with Crippen molar-refractivity contribution in [3.8, 4) is 11.6 Å². The van der Waals surface area contributed by atoms with Gasteiger partial charge in [-0.1, -0.05) is 118 Å². The van der Waals surface area contributed by atoms with Crippen LogP contribution >= 0.6 is 69.6 Å². The third kappa shape index (κ3) is 7.62. The van der Waals surface area contributed by atoms with Gasteiger partial charge in [-0.2, -0.15) is 5.01 Å². The minimum absolute atomic E-state index is 0.0249. The minimum atomic E-state index is -0.718. The van der Waals surface area contributed by atoms with Crippen LogP contribution in [0.25, 0.3) is 11.8 Å². The maximum Gasteiger partial charge on any atom is 0.282 e. The molecule has 5 aromatic rings. The van der Waals surface area contributed by atoms with E-state index in [1.165, 1.54) is 42.5 Å². The van der Waals surface area contributed by atoms with Crippen molar-refractivity contribution in [1.82, 2.24) is 15.1 Å². The molecule has 0 bridgehead atoms. The summed E-state index contributed by atoms with van der Waals surface area (Å²) in [6, 6.07) is 22.1. The Bertz CT molecular complexity index is 2260. The number of hydrogen-bond acceptors (Lipinski definition) is 6. The smallest absolute Gasteiger partial charge is 0.282 e. The number of hydrazone groups is 1. The van der Waals surface area contributed by atoms with E-state index in [0.29, 0.717) is 11.1 Å². The zero-order valence-corrected chi connectivity index (χ0v) is 30.0. The lowest BCUT2D eigenvalue weighted by atomic mass is 10.1. The van der Waals surface area contributed by atoms with E-state index in [4.69, 9.17) is 69.6 Å². The molecule has 0 fully saturated rings. The number of allylic oxidation sites excluding steroid dienone is 2. The number of nitrogens with zero attached hydrogens (tertiary/aromatic N) is 4. The molecular formula is C35H19Cl6N6O4-. The van der Waals surface area contributed by atoms with Crippen molar-refractivity contribution in [2.45, 2.75) is 0 Å². The van der Waals surface area contributed by atoms with Crippen molar-refractivity contribution in [3.05, 3.63) is 149 Å². The summed E-state index contributed by atoms with van der Waals surface area (Å²) < 4.78 is 0.925. The summed E-state index contributed by atoms with van der Waals surface area (Å²) >= 11 is 37.8. The fourth-order valence-electron chi connectivity index (χ4n) is 4.87. The van der Waals surface area contributed by atoms with E-state index in [0.717, 1.165) is 9.69 Å². The van der Waals surface area contributed by atoms with Crippen LogP contribution in [0.4, 0.5) is 11.5 Å². The number of aromatic nitrogens is 2. The predicted octanol–water partition coefficient (Wildman–Crippen LogP) is 8.85. The topological polar surface area (TPSA) is 132 Å². The van der Waals surface area contributed by atoms with Crippen molar-refractivity contribution in [2.75, 3.05) is 10.3 Å². The molecule has 2 heterocycles. The second-order valence-corrected chi connectivity index (χ2v) is 13.1. The molecule has 0 atom stereocenters. The normalized spacial score (nSPS) is 13.6. The van der Waals surface area contributed by atoms with Crippen LogP contribution in [0.3, 0.4) is 0 Å². The van der Waals surface area contributed by atoms with E-state index >= 15 is 0 Å². The van der Waals surface area contributed by atoms with Gasteiger partial charge >= 0.3 is 0 Å². The van der Waals surface area contributed by atoms with Gasteiger partial charge in [0.1, 0.15) is 11.4 Å². The average Bonchev–Trinajstić information content (AvgIpc) is 3.55. The van der Waals surface area contributed by atoms with E-state index in [1.54, 1.807) is 60.7 Å². The van der Waals surface area contributed by atoms with Gasteiger partial charge in [-0.3, -0.25) is 14.4 Å². The Morgan fingerprint density at radius 1 is 0.706 bits per heavy atom. The lowest BCUT2D eigenvalue weighted by molar-refractivity contribution is -0.278. The molecule has 51 heavy (non-hydrogen) atoms. The molecular weight excluding hydrogens is 781 g/mol. The Labute approximate surface area is 320 Å². The van der Waals surface area contributed by atoms with Gasteiger partial charge in [0, 0.05) is 32.6 Å². The van der Waals surface area contributed by atoms with Crippen LogP contribution in [0.1, 0.15) is 26.3 Å². The van der Waals surface area contributed by atoms with Gasteiger partial charge in [-0.25, -0.2) is 4.68 Å². The van der Waals surface area contributed by atoms with Crippen molar-refractivity contribution in [1.29, 1.82) is 0 Å². The van der Waals surface area contributed by atoms with Gasteiger partial charge in [-0.05, 0) is 54.6 Å². The lowest BCUT2D eigenvalue weighted by Gasteiger charge is -2.15. The third-order valence-corrected chi connectivity index (χ3v) is 8.79. The van der Waals surface area contributed by atoms with Gasteiger partial charge in [-0.15, -0.1) is 10.2 Å². The molecule has 1 aromatic heterocycles. The maximum atomic E-state index is 13.8. The zero-order chi connectivity index (χ0) is 36.4. The van der Waals surface area contributed by atoms with E-state index in [9.17, 15) is 19.5 Å². The monoisotopic (exact) mass is 797 g/mol. The highest BCUT2D eigenvalue weighted by Crippen LogP contribution is 2.40. The Morgan fingerprint density at radius 2 is 1.20 bits per heavy atom. The molecule has 2 N–H and O–H groups in total. The highest BCUT2D eigenvalue weighted by molar-refractivity contribution is 6.44. The molecule has 0 spiro atoms. The number of anilines is 2. The Morgan fingerprint density at radius 3 is 1.73 bits per heavy atom. The Hall–Kier alpha value is -4.81. The van der Waals surface area contributed by atoms with Gasteiger partial charge in [0.25, 0.3) is 17.7 Å². The van der Waals surface area contributed by atoms with Crippen LogP contribution in [0.15, 0.2) is 108 Å². The fourth-order valence-corrected chi connectivity index (χ4v) is 6.82. The minimum Gasteiger partial charge on any atom is -0.858 e. The summed E-state index contributed by atoms with van der Waals surface area (Å²) in [7, 11) is 0. The van der Waals surface area contributed by atoms with Gasteiger partial charge in [0.05, 0.1) is 25.7 Å². The molecule has 0 saturated carbocycles. The molecule has 4 aromatic carbocycles. The van der Waals surface area contributed by atoms with Crippen LogP contribution in [-0.2, 0) is 4.79 Å². The first-order chi connectivity index (χ1) is 24.4. The highest BCUT2D eigenvalue weighted by Gasteiger charge is 2.34. The van der Waals surface area contributed by atoms with Gasteiger partial charge < -0.3 is 15.7 Å². The molecule has 0 saturated heterocycles. The molecule has 10 nitrogen and oxygen atoms in total. The van der Waals surface area contributed by atoms with Gasteiger partial charge in [0.15, 0.2) is 11.7 Å². The first-order valence-corrected chi connectivity index (χ1v) is 16.8. The summed E-state index contributed by atoms with van der Waals surface area (Å²) in [4.78, 5) is 40.1. The van der Waals surface area contributed by atoms with Crippen LogP contribution < -0.4 is 20.7 Å². The molecule has 1 aliphatic rings. The SMILES string of the molecule is O=C(NC1=NN(c2c(Cl)cc(Cl)cc2Cl)C(=O)/C1=C\C=C\c1c(NC(=O)c2ccccc2)nn(-c2c(Cl)cc(Cl)cc2Cl)c1[O-])c1ccccc1. The van der Waals surface area contributed by atoms with Crippen LogP contribution in [0.5, 0.6) is 5.88 Å². The maximum absolute atomic E-state index is 13.8. The van der Waals surface area contributed by atoms with Crippen molar-refractivity contribution < 1.29 is 19.5 Å². The number of benzene rings is 4. The Balaban J connectivity index is 1.42. The summed E-state index contributed by atoms with van der Waals surface area (Å²) in [6.07, 6.45) is 3.97. The fraction of sp³-hybridized carbons (Fsp3) is 0. The average molecular weight is 800 g/mol. The number of carbonyl (C=O) groups is 3. The molecule has 1 aliphatic heterocycles. The number of amidine groups is 1. The number of halogens is 6. The van der Waals surface area contributed by atoms with E-state index in [-0.39, 0.29) is 64.3 Å². The van der Waals surface area contributed by atoms with Crippen LogP contribution in [0.2, 0.25) is 30.1 Å². The van der Waals surface area contributed by atoms with Gasteiger partial charge in [0.2, 0.25) is 0 Å². The molecule has 0 aliphatic carbocycles. The van der Waals surface area contributed by atoms with E-state index < -0.39 is 23.6 Å². The zero-order valence-electron chi connectivity index (χ0n) is 25.5. The number of carbonyl (C=O) groups excluding carboxylic acids is 3. The Kier molecular flexibility index (Phi) is 10.7. The number of hydrogen-bond donors (Lipinski definition) is 2. The van der Waals surface area contributed by atoms with E-state index in [2.05, 4.69) is 20.8 Å². The quantitative estimate of drug-likeness (QED) is 0.159. The number of rotatable bonds is 7. The molecule has 6 rings (SSSR count). The predicted molar refractivity (Wildman–Crippen MR) is 200 cm³/mol. The lowest BCUT2D eigenvalue weighted by Crippen LogP contribution is -2.31. The second-order valence-electron chi connectivity index (χ2n) is 10.6. The summed E-state index contributed by atoms with van der Waals surface area (Å²) in [5, 5.41) is 29.2. The number of amides is 3. The first kappa shape index (κ1) is 36.0. The summed E-state index contributed by atoms with van der Waals surface area (Å²) in [5.74, 6) is -2.84. The van der Waals surface area contributed by atoms with Crippen LogP contribution in [0, 0.1) is 0 Å². The molecule has 256 valence electrons. The number of nitrogens with one attached hydrogen (secondary N) is 2. The van der Waals surface area contributed by atoms with Crippen molar-refractivity contribution >= 4 is 111 Å². The first-order valence-electron chi connectivity index (χ1n) is 14.6. The van der Waals surface area contributed by atoms with Crippen molar-refractivity contribution in [3.63, 3.8) is 0 Å². The molecule has 16 heteroatoms. The summed E-state index contributed by atoms with van der Waals surface area (Å²) in [6.45, 7) is 0.